The lowest BCUT2D eigenvalue weighted by Gasteiger charge is -2.22. The lowest BCUT2D eigenvalue weighted by molar-refractivity contribution is -0.135. The molecule has 0 saturated carbocycles. The number of anilines is 2. The van der Waals surface area contributed by atoms with Gasteiger partial charge in [-0.2, -0.15) is 5.10 Å². The highest BCUT2D eigenvalue weighted by molar-refractivity contribution is 6.43. The van der Waals surface area contributed by atoms with E-state index in [1.165, 1.54) is 0 Å². The highest BCUT2D eigenvalue weighted by Gasteiger charge is 2.26. The molecule has 2 aromatic rings. The normalized spacial score (nSPS) is 13.7. The van der Waals surface area contributed by atoms with Crippen molar-refractivity contribution in [2.24, 2.45) is 5.10 Å². The molecular formula is C20H19ClN4O3. The van der Waals surface area contributed by atoms with Crippen molar-refractivity contribution in [2.75, 3.05) is 17.2 Å². The van der Waals surface area contributed by atoms with E-state index in [0.717, 1.165) is 10.6 Å². The molecule has 0 radical (unpaired) electrons. The van der Waals surface area contributed by atoms with Crippen LogP contribution in [0.25, 0.3) is 0 Å². The largest absolute Gasteiger partial charge is 0.324 e. The molecule has 0 unspecified atom stereocenters. The highest BCUT2D eigenvalue weighted by Crippen LogP contribution is 2.16. The minimum Gasteiger partial charge on any atom is -0.324 e. The van der Waals surface area contributed by atoms with Gasteiger partial charge >= 0.3 is 0 Å². The Labute approximate surface area is 167 Å². The molecule has 0 bridgehead atoms. The zero-order chi connectivity index (χ0) is 20.1. The molecule has 1 heterocycles. The van der Waals surface area contributed by atoms with Crippen molar-refractivity contribution in [1.82, 2.24) is 5.01 Å². The van der Waals surface area contributed by atoms with E-state index in [4.69, 9.17) is 11.6 Å². The number of hydrogen-bond donors (Lipinski definition) is 2. The SMILES string of the molecule is Cc1ccc(NC(=O)C2=NN(CC(=O)Nc3cccc(Cl)c3)C(=O)CC2)cc1. The maximum atomic E-state index is 12.4. The molecule has 0 atom stereocenters. The van der Waals surface area contributed by atoms with Gasteiger partial charge in [-0.1, -0.05) is 35.4 Å². The number of hydrazone groups is 1. The van der Waals surface area contributed by atoms with Crippen LogP contribution in [0.4, 0.5) is 11.4 Å². The van der Waals surface area contributed by atoms with Crippen LogP contribution in [-0.2, 0) is 14.4 Å². The van der Waals surface area contributed by atoms with Crippen LogP contribution in [0.15, 0.2) is 53.6 Å². The maximum Gasteiger partial charge on any atom is 0.271 e. The van der Waals surface area contributed by atoms with Gasteiger partial charge in [0, 0.05) is 29.2 Å². The predicted molar refractivity (Wildman–Crippen MR) is 108 cm³/mol. The monoisotopic (exact) mass is 398 g/mol. The molecule has 0 aliphatic carbocycles. The fourth-order valence-corrected chi connectivity index (χ4v) is 2.82. The Balaban J connectivity index is 1.65. The first-order valence-electron chi connectivity index (χ1n) is 8.72. The number of nitrogens with zero attached hydrogens (tertiary/aromatic N) is 2. The number of amides is 3. The molecule has 8 heteroatoms. The van der Waals surface area contributed by atoms with E-state index >= 15 is 0 Å². The first kappa shape index (κ1) is 19.6. The van der Waals surface area contributed by atoms with Crippen LogP contribution in [0.3, 0.4) is 0 Å². The fraction of sp³-hybridized carbons (Fsp3) is 0.200. The van der Waals surface area contributed by atoms with Crippen molar-refractivity contribution in [3.63, 3.8) is 0 Å². The van der Waals surface area contributed by atoms with Crippen molar-refractivity contribution in [2.45, 2.75) is 19.8 Å². The number of rotatable bonds is 5. The molecule has 2 N–H and O–H groups in total. The number of aryl methyl sites for hydroxylation is 1. The third-order valence-corrected chi connectivity index (χ3v) is 4.31. The quantitative estimate of drug-likeness (QED) is 0.810. The molecule has 3 rings (SSSR count). The van der Waals surface area contributed by atoms with Crippen LogP contribution in [-0.4, -0.2) is 35.0 Å². The van der Waals surface area contributed by atoms with Crippen LogP contribution < -0.4 is 10.6 Å². The number of carbonyl (C=O) groups is 3. The van der Waals surface area contributed by atoms with Crippen molar-refractivity contribution in [3.05, 3.63) is 59.1 Å². The smallest absolute Gasteiger partial charge is 0.271 e. The summed E-state index contributed by atoms with van der Waals surface area (Å²) in [5.41, 5.74) is 2.44. The Morgan fingerprint density at radius 1 is 1.07 bits per heavy atom. The van der Waals surface area contributed by atoms with Crippen LogP contribution in [0.1, 0.15) is 18.4 Å². The Bertz CT molecular complexity index is 941. The first-order valence-corrected chi connectivity index (χ1v) is 9.10. The molecule has 0 fully saturated rings. The molecule has 0 saturated heterocycles. The summed E-state index contributed by atoms with van der Waals surface area (Å²) in [6, 6.07) is 14.0. The molecular weight excluding hydrogens is 380 g/mol. The molecule has 28 heavy (non-hydrogen) atoms. The van der Waals surface area contributed by atoms with E-state index in [1.807, 2.05) is 19.1 Å². The Hall–Kier alpha value is -3.19. The van der Waals surface area contributed by atoms with E-state index in [2.05, 4.69) is 15.7 Å². The fourth-order valence-electron chi connectivity index (χ4n) is 2.63. The molecule has 1 aliphatic rings. The van der Waals surface area contributed by atoms with Gasteiger partial charge in [0.1, 0.15) is 12.3 Å². The van der Waals surface area contributed by atoms with Crippen molar-refractivity contribution in [3.8, 4) is 0 Å². The van der Waals surface area contributed by atoms with Crippen LogP contribution in [0, 0.1) is 6.92 Å². The van der Waals surface area contributed by atoms with Gasteiger partial charge in [0.2, 0.25) is 11.8 Å². The van der Waals surface area contributed by atoms with Gasteiger partial charge in [0.05, 0.1) is 0 Å². The topological polar surface area (TPSA) is 90.9 Å². The second-order valence-corrected chi connectivity index (χ2v) is 6.81. The van der Waals surface area contributed by atoms with E-state index in [1.54, 1.807) is 36.4 Å². The van der Waals surface area contributed by atoms with Gasteiger partial charge in [0.25, 0.3) is 5.91 Å². The summed E-state index contributed by atoms with van der Waals surface area (Å²) in [5.74, 6) is -1.13. The second-order valence-electron chi connectivity index (χ2n) is 6.38. The molecule has 144 valence electrons. The Morgan fingerprint density at radius 3 is 2.54 bits per heavy atom. The minimum absolute atomic E-state index is 0.116. The second kappa shape index (κ2) is 8.67. The first-order chi connectivity index (χ1) is 13.4. The Morgan fingerprint density at radius 2 is 1.82 bits per heavy atom. The number of halogens is 1. The van der Waals surface area contributed by atoms with E-state index in [9.17, 15) is 14.4 Å². The van der Waals surface area contributed by atoms with Crippen molar-refractivity contribution in [1.29, 1.82) is 0 Å². The van der Waals surface area contributed by atoms with Crippen molar-refractivity contribution >= 4 is 46.4 Å². The summed E-state index contributed by atoms with van der Waals surface area (Å²) in [6.45, 7) is 1.67. The summed E-state index contributed by atoms with van der Waals surface area (Å²) < 4.78 is 0. The lowest BCUT2D eigenvalue weighted by Crippen LogP contribution is -2.40. The number of nitrogens with one attached hydrogen (secondary N) is 2. The van der Waals surface area contributed by atoms with Crippen LogP contribution >= 0.6 is 11.6 Å². The summed E-state index contributed by atoms with van der Waals surface area (Å²) in [7, 11) is 0. The zero-order valence-electron chi connectivity index (χ0n) is 15.2. The maximum absolute atomic E-state index is 12.4. The Kier molecular flexibility index (Phi) is 6.06. The van der Waals surface area contributed by atoms with Gasteiger partial charge in [-0.3, -0.25) is 14.4 Å². The standard InChI is InChI=1S/C20H19ClN4O3/c1-13-5-7-15(8-6-13)23-20(28)17-9-10-19(27)25(24-17)12-18(26)22-16-4-2-3-14(21)11-16/h2-8,11H,9-10,12H2,1H3,(H,22,26)(H,23,28). The summed E-state index contributed by atoms with van der Waals surface area (Å²) in [4.78, 5) is 36.7. The van der Waals surface area contributed by atoms with Crippen LogP contribution in [0.5, 0.6) is 0 Å². The molecule has 0 spiro atoms. The number of hydrogen-bond acceptors (Lipinski definition) is 4. The van der Waals surface area contributed by atoms with Crippen molar-refractivity contribution < 1.29 is 14.4 Å². The van der Waals surface area contributed by atoms with E-state index < -0.39 is 11.8 Å². The third-order valence-electron chi connectivity index (χ3n) is 4.08. The molecule has 1 aliphatic heterocycles. The summed E-state index contributed by atoms with van der Waals surface area (Å²) in [5, 5.41) is 11.0. The van der Waals surface area contributed by atoms with Crippen LogP contribution in [0.2, 0.25) is 5.02 Å². The highest BCUT2D eigenvalue weighted by atomic mass is 35.5. The van der Waals surface area contributed by atoms with Gasteiger partial charge in [0.15, 0.2) is 0 Å². The average Bonchev–Trinajstić information content (AvgIpc) is 2.65. The molecule has 7 nitrogen and oxygen atoms in total. The summed E-state index contributed by atoms with van der Waals surface area (Å²) in [6.07, 6.45) is 0.341. The zero-order valence-corrected chi connectivity index (χ0v) is 16.0. The average molecular weight is 399 g/mol. The molecule has 2 aromatic carbocycles. The van der Waals surface area contributed by atoms with E-state index in [-0.39, 0.29) is 31.0 Å². The minimum atomic E-state index is -0.431. The van der Waals surface area contributed by atoms with Gasteiger partial charge in [-0.05, 0) is 37.3 Å². The third kappa shape index (κ3) is 5.17. The predicted octanol–water partition coefficient (Wildman–Crippen LogP) is 3.20. The molecule has 0 aromatic heterocycles. The molecule has 3 amide bonds. The number of carbonyl (C=O) groups excluding carboxylic acids is 3. The summed E-state index contributed by atoms with van der Waals surface area (Å²) >= 11 is 5.89. The number of benzene rings is 2. The lowest BCUT2D eigenvalue weighted by atomic mass is 10.1. The van der Waals surface area contributed by atoms with Gasteiger partial charge in [-0.15, -0.1) is 0 Å². The van der Waals surface area contributed by atoms with Gasteiger partial charge in [-0.25, -0.2) is 5.01 Å². The van der Waals surface area contributed by atoms with E-state index in [0.29, 0.717) is 16.4 Å². The van der Waals surface area contributed by atoms with Gasteiger partial charge < -0.3 is 10.6 Å².